The minimum atomic E-state index is -1.02. The third-order valence-corrected chi connectivity index (χ3v) is 6.57. The number of amides is 2. The third-order valence-electron chi connectivity index (χ3n) is 6.57. The number of hydrogen-bond acceptors (Lipinski definition) is 8. The first-order valence-electron chi connectivity index (χ1n) is 11.9. The lowest BCUT2D eigenvalue weighted by molar-refractivity contribution is -0.126. The summed E-state index contributed by atoms with van der Waals surface area (Å²) >= 11 is 0. The summed E-state index contributed by atoms with van der Waals surface area (Å²) in [6.07, 6.45) is -1.02. The smallest absolute Gasteiger partial charge is 0.266 e. The molecule has 0 unspecified atom stereocenters. The normalized spacial score (nSPS) is 20.7. The molecule has 0 aliphatic carbocycles. The number of benzene rings is 3. The van der Waals surface area contributed by atoms with Crippen LogP contribution in [0.15, 0.2) is 66.7 Å². The Bertz CT molecular complexity index is 1310. The van der Waals surface area contributed by atoms with Gasteiger partial charge < -0.3 is 18.9 Å². The van der Waals surface area contributed by atoms with Crippen molar-refractivity contribution in [2.24, 2.45) is 5.92 Å². The molecule has 2 aliphatic heterocycles. The predicted molar refractivity (Wildman–Crippen MR) is 136 cm³/mol. The highest BCUT2D eigenvalue weighted by Gasteiger charge is 2.61. The van der Waals surface area contributed by atoms with Crippen LogP contribution in [-0.4, -0.2) is 45.9 Å². The molecule has 3 aromatic carbocycles. The highest BCUT2D eigenvalue weighted by molar-refractivity contribution is 6.24. The van der Waals surface area contributed by atoms with Crippen LogP contribution in [0.4, 0.5) is 11.4 Å². The van der Waals surface area contributed by atoms with Crippen LogP contribution in [0.5, 0.6) is 23.0 Å². The van der Waals surface area contributed by atoms with Crippen LogP contribution in [0.3, 0.4) is 0 Å². The summed E-state index contributed by atoms with van der Waals surface area (Å²) in [6.45, 7) is 2.34. The Morgan fingerprint density at radius 1 is 0.784 bits per heavy atom. The molecule has 9 nitrogen and oxygen atoms in total. The maximum absolute atomic E-state index is 14.0. The van der Waals surface area contributed by atoms with Gasteiger partial charge in [0, 0.05) is 17.7 Å². The molecule has 0 radical (unpaired) electrons. The highest BCUT2D eigenvalue weighted by atomic mass is 16.7. The molecule has 2 aliphatic rings. The molecule has 37 heavy (non-hydrogen) atoms. The first-order chi connectivity index (χ1) is 18.0. The molecule has 2 fully saturated rings. The summed E-state index contributed by atoms with van der Waals surface area (Å²) in [5, 5.41) is 1.61. The summed E-state index contributed by atoms with van der Waals surface area (Å²) in [5.41, 5.74) is 1.76. The van der Waals surface area contributed by atoms with E-state index in [4.69, 9.17) is 23.8 Å². The fraction of sp³-hybridized carbons (Fsp3) is 0.286. The van der Waals surface area contributed by atoms with Crippen molar-refractivity contribution in [2.45, 2.75) is 19.1 Å². The summed E-state index contributed by atoms with van der Waals surface area (Å²) in [5.74, 6) is 0.346. The Balaban J connectivity index is 1.63. The number of hydrogen-bond donors (Lipinski definition) is 0. The quantitative estimate of drug-likeness (QED) is 0.423. The van der Waals surface area contributed by atoms with Crippen molar-refractivity contribution in [3.8, 4) is 23.0 Å². The van der Waals surface area contributed by atoms with E-state index >= 15 is 0 Å². The van der Waals surface area contributed by atoms with Gasteiger partial charge in [-0.25, -0.2) is 9.96 Å². The molecule has 3 aromatic rings. The number of hydroxylamine groups is 1. The molecule has 192 valence electrons. The zero-order valence-electron chi connectivity index (χ0n) is 21.0. The van der Waals surface area contributed by atoms with Gasteiger partial charge in [0.05, 0.1) is 39.3 Å². The predicted octanol–water partition coefficient (Wildman–Crippen LogP) is 4.16. The van der Waals surface area contributed by atoms with Crippen molar-refractivity contribution in [3.05, 3.63) is 72.3 Å². The van der Waals surface area contributed by atoms with Crippen LogP contribution in [0.25, 0.3) is 0 Å². The van der Waals surface area contributed by atoms with Gasteiger partial charge >= 0.3 is 0 Å². The summed E-state index contributed by atoms with van der Waals surface area (Å²) in [4.78, 5) is 35.0. The molecule has 3 atom stereocenters. The molecule has 0 bridgehead atoms. The van der Waals surface area contributed by atoms with Gasteiger partial charge in [-0.2, -0.15) is 0 Å². The number of fused-ring (bicyclic) bond motifs is 1. The topological polar surface area (TPSA) is 86.8 Å². The number of carbonyl (C=O) groups is 2. The van der Waals surface area contributed by atoms with E-state index in [0.717, 1.165) is 0 Å². The zero-order chi connectivity index (χ0) is 26.1. The van der Waals surface area contributed by atoms with Crippen molar-refractivity contribution < 1.29 is 33.4 Å². The Morgan fingerprint density at radius 2 is 1.46 bits per heavy atom. The van der Waals surface area contributed by atoms with Crippen molar-refractivity contribution in [3.63, 3.8) is 0 Å². The third kappa shape index (κ3) is 4.11. The van der Waals surface area contributed by atoms with E-state index in [1.54, 1.807) is 41.5 Å². The minimum Gasteiger partial charge on any atom is -0.496 e. The van der Waals surface area contributed by atoms with Gasteiger partial charge in [-0.1, -0.05) is 24.3 Å². The molecular formula is C28H28N2O7. The van der Waals surface area contributed by atoms with Gasteiger partial charge in [0.15, 0.2) is 17.6 Å². The Kier molecular flexibility index (Phi) is 6.62. The maximum atomic E-state index is 14.0. The molecule has 9 heteroatoms. The average molecular weight is 505 g/mol. The fourth-order valence-electron chi connectivity index (χ4n) is 4.95. The molecule has 2 amide bonds. The van der Waals surface area contributed by atoms with Crippen LogP contribution < -0.4 is 28.9 Å². The molecule has 0 N–H and O–H groups in total. The van der Waals surface area contributed by atoms with Gasteiger partial charge in [-0.3, -0.25) is 14.4 Å². The standard InChI is InChI=1S/C28H28N2O7/c1-5-36-19-13-9-12-18(14-19)29-27(31)24-25(20-15-22(34-3)23(35-4)16-21(20)33-2)30(37-26(24)28(29)32)17-10-7-6-8-11-17/h6-16,24-26H,5H2,1-4H3/t24-,25+,26-/m1/s1. The molecule has 0 saturated carbocycles. The van der Waals surface area contributed by atoms with E-state index in [9.17, 15) is 9.59 Å². The van der Waals surface area contributed by atoms with Gasteiger partial charge in [0.1, 0.15) is 23.5 Å². The van der Waals surface area contributed by atoms with E-state index in [-0.39, 0.29) is 5.91 Å². The number of nitrogens with zero attached hydrogens (tertiary/aromatic N) is 2. The SMILES string of the molecule is CCOc1cccc(N2C(=O)[C@H]3[C@@H](ON(c4ccccc4)[C@H]3c3cc(OC)c(OC)cc3OC)C2=O)c1. The van der Waals surface area contributed by atoms with Gasteiger partial charge in [-0.15, -0.1) is 0 Å². The number of para-hydroxylation sites is 1. The van der Waals surface area contributed by atoms with E-state index in [0.29, 0.717) is 46.5 Å². The van der Waals surface area contributed by atoms with E-state index in [1.807, 2.05) is 37.3 Å². The number of anilines is 2. The van der Waals surface area contributed by atoms with Crippen molar-refractivity contribution >= 4 is 23.2 Å². The number of rotatable bonds is 8. The van der Waals surface area contributed by atoms with Crippen LogP contribution >= 0.6 is 0 Å². The Morgan fingerprint density at radius 3 is 2.14 bits per heavy atom. The van der Waals surface area contributed by atoms with E-state index in [2.05, 4.69) is 0 Å². The molecule has 5 rings (SSSR count). The van der Waals surface area contributed by atoms with Crippen LogP contribution in [0.2, 0.25) is 0 Å². The lowest BCUT2D eigenvalue weighted by Crippen LogP contribution is -2.37. The summed E-state index contributed by atoms with van der Waals surface area (Å²) in [7, 11) is 4.61. The number of imide groups is 1. The molecule has 2 heterocycles. The second-order valence-corrected chi connectivity index (χ2v) is 8.55. The molecule has 0 aromatic heterocycles. The Labute approximate surface area is 215 Å². The first kappa shape index (κ1) is 24.5. The van der Waals surface area contributed by atoms with Crippen LogP contribution in [-0.2, 0) is 14.4 Å². The monoisotopic (exact) mass is 504 g/mol. The lowest BCUT2D eigenvalue weighted by atomic mass is 9.89. The van der Waals surface area contributed by atoms with E-state index in [1.165, 1.54) is 26.2 Å². The van der Waals surface area contributed by atoms with Gasteiger partial charge in [0.25, 0.3) is 5.91 Å². The average Bonchev–Trinajstić information content (AvgIpc) is 3.44. The van der Waals surface area contributed by atoms with Crippen LogP contribution in [0, 0.1) is 5.92 Å². The second-order valence-electron chi connectivity index (χ2n) is 8.55. The molecular weight excluding hydrogens is 476 g/mol. The fourth-order valence-corrected chi connectivity index (χ4v) is 4.95. The molecule has 0 spiro atoms. The second kappa shape index (κ2) is 10.0. The summed E-state index contributed by atoms with van der Waals surface area (Å²) in [6, 6.07) is 19.0. The largest absolute Gasteiger partial charge is 0.496 e. The number of ether oxygens (including phenoxy) is 4. The summed E-state index contributed by atoms with van der Waals surface area (Å²) < 4.78 is 22.3. The number of carbonyl (C=O) groups excluding carboxylic acids is 2. The number of methoxy groups -OCH3 is 3. The minimum absolute atomic E-state index is 0.371. The highest BCUT2D eigenvalue weighted by Crippen LogP contribution is 2.51. The maximum Gasteiger partial charge on any atom is 0.266 e. The van der Waals surface area contributed by atoms with Gasteiger partial charge in [0.2, 0.25) is 5.91 Å². The molecule has 2 saturated heterocycles. The van der Waals surface area contributed by atoms with Crippen molar-refractivity contribution in [1.82, 2.24) is 0 Å². The van der Waals surface area contributed by atoms with Crippen LogP contribution in [0.1, 0.15) is 18.5 Å². The lowest BCUT2D eigenvalue weighted by Gasteiger charge is -2.30. The van der Waals surface area contributed by atoms with E-state index < -0.39 is 24.0 Å². The first-order valence-corrected chi connectivity index (χ1v) is 11.9. The van der Waals surface area contributed by atoms with Gasteiger partial charge in [-0.05, 0) is 37.3 Å². The van der Waals surface area contributed by atoms with Crippen molar-refractivity contribution in [1.29, 1.82) is 0 Å². The van der Waals surface area contributed by atoms with Crippen molar-refractivity contribution in [2.75, 3.05) is 37.9 Å². The zero-order valence-corrected chi connectivity index (χ0v) is 21.0. The Hall–Kier alpha value is -4.24.